The standard InChI is InChI=1S/C40H48FN9O10/c1-22-37(56)47-30(17-42-21-52)39(58)45-28-7-5-23-3-2-4-24(13-23)16-43-36(55)20-60-33-11-12-49(32(33)19-51)40(59)29(46-38(28)57)14-25-18-50(31-8-6-26(41)15-27(25)31)48-35(54)10-9-34(53)44-22/h2-4,6,8,13,15,18-19,22,28-30,32-33,42,52H,5,7,9-12,14,16-17,20-21H2,1H3,(H,43,55)(H,44,53)(H,45,58)(H,46,57)(H,47,56)(H,48,54)/t22-,28-,29-,30+,32+,33-/m0/s1. The van der Waals surface area contributed by atoms with Crippen LogP contribution in [0.2, 0.25) is 0 Å². The van der Waals surface area contributed by atoms with Crippen LogP contribution in [0.15, 0.2) is 48.7 Å². The summed E-state index contributed by atoms with van der Waals surface area (Å²) >= 11 is 0. The summed E-state index contributed by atoms with van der Waals surface area (Å²) in [6.45, 7) is 0.304. The fourth-order valence-corrected chi connectivity index (χ4v) is 7.50. The van der Waals surface area contributed by atoms with Gasteiger partial charge < -0.3 is 46.1 Å². The number of amides is 7. The van der Waals surface area contributed by atoms with Crippen molar-refractivity contribution in [3.05, 3.63) is 71.2 Å². The van der Waals surface area contributed by atoms with Gasteiger partial charge in [0.25, 0.3) is 0 Å². The maximum absolute atomic E-state index is 14.8. The van der Waals surface area contributed by atoms with Crippen LogP contribution in [0.25, 0.3) is 10.9 Å². The number of aliphatic hydroxyl groups is 1. The lowest BCUT2D eigenvalue weighted by Crippen LogP contribution is -2.60. The first-order valence-electron chi connectivity index (χ1n) is 19.7. The Morgan fingerprint density at radius 3 is 2.42 bits per heavy atom. The summed E-state index contributed by atoms with van der Waals surface area (Å²) < 4.78 is 22.0. The number of hydrogen-bond acceptors (Lipinski definition) is 11. The smallest absolute Gasteiger partial charge is 0.246 e. The molecule has 60 heavy (non-hydrogen) atoms. The molecule has 8 bridgehead atoms. The van der Waals surface area contributed by atoms with Crippen molar-refractivity contribution >= 4 is 58.5 Å². The van der Waals surface area contributed by atoms with E-state index in [4.69, 9.17) is 4.74 Å². The summed E-state index contributed by atoms with van der Waals surface area (Å²) in [4.78, 5) is 109. The Morgan fingerprint density at radius 2 is 1.63 bits per heavy atom. The van der Waals surface area contributed by atoms with Crippen LogP contribution < -0.4 is 37.3 Å². The van der Waals surface area contributed by atoms with Crippen molar-refractivity contribution in [3.63, 3.8) is 0 Å². The predicted molar refractivity (Wildman–Crippen MR) is 210 cm³/mol. The van der Waals surface area contributed by atoms with Crippen LogP contribution in [0, 0.1) is 5.82 Å². The molecule has 3 aliphatic heterocycles. The van der Waals surface area contributed by atoms with E-state index in [1.54, 1.807) is 18.2 Å². The molecule has 1 fully saturated rings. The number of carbonyl (C=O) groups excluding carboxylic acids is 8. The topological polar surface area (TPSA) is 258 Å². The van der Waals surface area contributed by atoms with Gasteiger partial charge in [0.2, 0.25) is 41.4 Å². The number of hydrogen-bond donors (Lipinski definition) is 8. The molecule has 3 aromatic rings. The molecule has 8 N–H and O–H groups in total. The summed E-state index contributed by atoms with van der Waals surface area (Å²) in [6, 6.07) is 4.48. The first-order valence-corrected chi connectivity index (χ1v) is 19.7. The van der Waals surface area contributed by atoms with Gasteiger partial charge in [-0.25, -0.2) is 4.39 Å². The number of aromatic nitrogens is 1. The number of benzene rings is 2. The second-order valence-corrected chi connectivity index (χ2v) is 14.9. The average Bonchev–Trinajstić information content (AvgIpc) is 3.79. The Morgan fingerprint density at radius 1 is 0.867 bits per heavy atom. The van der Waals surface area contributed by atoms with Crippen molar-refractivity contribution < 1.29 is 52.6 Å². The van der Waals surface area contributed by atoms with Crippen LogP contribution >= 0.6 is 0 Å². The third-order valence-electron chi connectivity index (χ3n) is 10.7. The minimum atomic E-state index is -1.44. The van der Waals surface area contributed by atoms with Crippen LogP contribution in [0.4, 0.5) is 4.39 Å². The maximum Gasteiger partial charge on any atom is 0.246 e. The predicted octanol–water partition coefficient (Wildman–Crippen LogP) is -1.87. The molecule has 0 saturated carbocycles. The SMILES string of the molecule is C[C@@H]1NC(=O)CCC(=O)Nn2cc(c3cc(F)ccc32)C[C@@H]2NC(=O)[C@H](CCc3cccc(c3)CNC(=O)CO[C@H]3CCN(C2=O)[C@@H]3C=O)NC(=O)[C@@H](CNCO)NC1=O. The van der Waals surface area contributed by atoms with Gasteiger partial charge in [-0.2, -0.15) is 0 Å². The highest BCUT2D eigenvalue weighted by atomic mass is 19.1. The first-order chi connectivity index (χ1) is 28.8. The summed E-state index contributed by atoms with van der Waals surface area (Å²) in [5, 5.41) is 25.6. The van der Waals surface area contributed by atoms with Gasteiger partial charge in [-0.05, 0) is 61.1 Å². The molecule has 320 valence electrons. The molecule has 0 spiro atoms. The van der Waals surface area contributed by atoms with E-state index in [2.05, 4.69) is 37.3 Å². The lowest BCUT2D eigenvalue weighted by molar-refractivity contribution is -0.141. The zero-order chi connectivity index (χ0) is 42.9. The van der Waals surface area contributed by atoms with Crippen LogP contribution in [0.1, 0.15) is 49.3 Å². The van der Waals surface area contributed by atoms with Gasteiger partial charge in [-0.15, -0.1) is 0 Å². The Bertz CT molecular complexity index is 2150. The highest BCUT2D eigenvalue weighted by Crippen LogP contribution is 2.26. The van der Waals surface area contributed by atoms with E-state index in [9.17, 15) is 47.9 Å². The number of aliphatic hydroxyl groups excluding tert-OH is 1. The number of carbonyl (C=O) groups is 8. The normalized spacial score (nSPS) is 25.5. The number of nitrogens with one attached hydrogen (secondary N) is 7. The summed E-state index contributed by atoms with van der Waals surface area (Å²) in [5.74, 6) is -5.47. The second-order valence-electron chi connectivity index (χ2n) is 14.9. The van der Waals surface area contributed by atoms with E-state index in [-0.39, 0.29) is 70.2 Å². The number of aryl methyl sites for hydroxylation is 1. The number of nitrogens with zero attached hydrogens (tertiary/aromatic N) is 2. The molecule has 3 aliphatic rings. The van der Waals surface area contributed by atoms with Crippen molar-refractivity contribution in [2.75, 3.05) is 31.9 Å². The fraction of sp³-hybridized carbons (Fsp3) is 0.450. The summed E-state index contributed by atoms with van der Waals surface area (Å²) in [7, 11) is 0. The molecule has 0 radical (unpaired) electrons. The van der Waals surface area contributed by atoms with Gasteiger partial charge in [-0.1, -0.05) is 24.3 Å². The molecule has 7 amide bonds. The van der Waals surface area contributed by atoms with Gasteiger partial charge >= 0.3 is 0 Å². The van der Waals surface area contributed by atoms with Crippen LogP contribution in [0.5, 0.6) is 0 Å². The average molecular weight is 834 g/mol. The minimum absolute atomic E-state index is 0.0184. The first kappa shape index (κ1) is 43.3. The Hall–Kier alpha value is -6.25. The van der Waals surface area contributed by atoms with E-state index in [1.165, 1.54) is 40.9 Å². The van der Waals surface area contributed by atoms with Crippen LogP contribution in [0.3, 0.4) is 0 Å². The van der Waals surface area contributed by atoms with E-state index < -0.39 is 90.2 Å². The molecule has 4 heterocycles. The second kappa shape index (κ2) is 19.7. The Labute approximate surface area is 343 Å². The number of rotatable bonds is 4. The third-order valence-corrected chi connectivity index (χ3v) is 10.7. The summed E-state index contributed by atoms with van der Waals surface area (Å²) in [6.07, 6.45) is 0.568. The van der Waals surface area contributed by atoms with Gasteiger partial charge in [0.05, 0.1) is 18.4 Å². The molecule has 6 atom stereocenters. The quantitative estimate of drug-likeness (QED) is 0.107. The van der Waals surface area contributed by atoms with E-state index in [1.807, 2.05) is 6.07 Å². The van der Waals surface area contributed by atoms with E-state index in [0.717, 1.165) is 11.1 Å². The zero-order valence-corrected chi connectivity index (χ0v) is 32.8. The number of halogens is 1. The van der Waals surface area contributed by atoms with Crippen molar-refractivity contribution in [2.24, 2.45) is 0 Å². The Balaban J connectivity index is 1.44. The Kier molecular flexibility index (Phi) is 14.2. The molecule has 1 saturated heterocycles. The number of fused-ring (bicyclic) bond motifs is 12. The van der Waals surface area contributed by atoms with Crippen molar-refractivity contribution in [2.45, 2.75) is 88.3 Å². The molecule has 19 nitrogen and oxygen atoms in total. The molecular formula is C40H48FN9O10. The van der Waals surface area contributed by atoms with Gasteiger partial charge in [0, 0.05) is 50.5 Å². The molecule has 0 unspecified atom stereocenters. The van der Waals surface area contributed by atoms with E-state index in [0.29, 0.717) is 17.4 Å². The highest BCUT2D eigenvalue weighted by Gasteiger charge is 2.42. The van der Waals surface area contributed by atoms with Gasteiger partial charge in [0.1, 0.15) is 48.9 Å². The molecule has 0 aliphatic carbocycles. The lowest BCUT2D eigenvalue weighted by atomic mass is 10.00. The fourth-order valence-electron chi connectivity index (χ4n) is 7.50. The van der Waals surface area contributed by atoms with Crippen molar-refractivity contribution in [1.82, 2.24) is 41.5 Å². The monoisotopic (exact) mass is 833 g/mol. The minimum Gasteiger partial charge on any atom is -0.381 e. The molecule has 20 heteroatoms. The number of ether oxygens (including phenoxy) is 1. The van der Waals surface area contributed by atoms with E-state index >= 15 is 0 Å². The molecule has 2 aromatic carbocycles. The van der Waals surface area contributed by atoms with Crippen LogP contribution in [-0.2, 0) is 62.5 Å². The van der Waals surface area contributed by atoms with Crippen molar-refractivity contribution in [3.8, 4) is 0 Å². The van der Waals surface area contributed by atoms with Gasteiger partial charge in [-0.3, -0.25) is 49.0 Å². The molecule has 1 aromatic heterocycles. The maximum atomic E-state index is 14.8. The third kappa shape index (κ3) is 10.7. The largest absolute Gasteiger partial charge is 0.381 e. The zero-order valence-electron chi connectivity index (χ0n) is 32.8. The highest BCUT2D eigenvalue weighted by molar-refractivity contribution is 5.97. The molecular weight excluding hydrogens is 785 g/mol. The lowest BCUT2D eigenvalue weighted by Gasteiger charge is -2.30. The summed E-state index contributed by atoms with van der Waals surface area (Å²) in [5.41, 5.74) is 4.78. The van der Waals surface area contributed by atoms with Crippen molar-refractivity contribution in [1.29, 1.82) is 0 Å². The van der Waals surface area contributed by atoms with Gasteiger partial charge in [0.15, 0.2) is 0 Å². The molecule has 6 rings (SSSR count). The number of aldehydes is 1. The van der Waals surface area contributed by atoms with Crippen LogP contribution in [-0.4, -0.2) is 125 Å².